The van der Waals surface area contributed by atoms with Crippen molar-refractivity contribution in [3.63, 3.8) is 0 Å². The summed E-state index contributed by atoms with van der Waals surface area (Å²) in [6, 6.07) is 1.44. The van der Waals surface area contributed by atoms with Gasteiger partial charge in [-0.1, -0.05) is 0 Å². The number of carbonyl (C=O) groups excluding carboxylic acids is 1. The molecular weight excluding hydrogens is 236 g/mol. The maximum atomic E-state index is 11.0. The normalized spacial score (nSPS) is 18.4. The number of anilines is 2. The number of aromatic nitrogens is 1. The number of hydrogen-bond acceptors (Lipinski definition) is 5. The first-order valence-corrected chi connectivity index (χ1v) is 5.58. The Balaban J connectivity index is 1.99. The monoisotopic (exact) mass is 250 g/mol. The van der Waals surface area contributed by atoms with Gasteiger partial charge in [-0.15, -0.1) is 0 Å². The maximum absolute atomic E-state index is 11.0. The van der Waals surface area contributed by atoms with Crippen LogP contribution < -0.4 is 16.4 Å². The van der Waals surface area contributed by atoms with E-state index in [9.17, 15) is 9.59 Å². The van der Waals surface area contributed by atoms with Crippen LogP contribution in [0.25, 0.3) is 0 Å². The lowest BCUT2D eigenvalue weighted by Gasteiger charge is -2.12. The molecule has 1 aliphatic heterocycles. The zero-order valence-electron chi connectivity index (χ0n) is 9.64. The quantitative estimate of drug-likeness (QED) is 0.600. The number of nitrogens with two attached hydrogens (primary N) is 1. The minimum absolute atomic E-state index is 0.0166. The molecule has 7 heteroatoms. The van der Waals surface area contributed by atoms with Gasteiger partial charge in [0.05, 0.1) is 17.4 Å². The molecule has 1 amide bonds. The third kappa shape index (κ3) is 2.68. The van der Waals surface area contributed by atoms with Gasteiger partial charge in [-0.3, -0.25) is 4.79 Å². The van der Waals surface area contributed by atoms with Gasteiger partial charge in [0.25, 0.3) is 0 Å². The largest absolute Gasteiger partial charge is 0.478 e. The molecule has 0 spiro atoms. The standard InChI is InChI=1S/C11H14N4O3/c12-8-5-14-9(3-7(8)11(17)18)13-4-6-1-2-10(16)15-6/h3,5-6H,1-2,4,12H2,(H,13,14)(H,15,16)(H,17,18). The van der Waals surface area contributed by atoms with Gasteiger partial charge < -0.3 is 21.5 Å². The molecule has 0 radical (unpaired) electrons. The number of nitrogens with one attached hydrogen (secondary N) is 2. The zero-order valence-corrected chi connectivity index (χ0v) is 9.64. The molecule has 1 aromatic rings. The third-order valence-electron chi connectivity index (χ3n) is 2.78. The number of rotatable bonds is 4. The highest BCUT2D eigenvalue weighted by molar-refractivity contribution is 5.94. The molecule has 5 N–H and O–H groups in total. The molecule has 0 saturated carbocycles. The molecule has 2 rings (SSSR count). The van der Waals surface area contributed by atoms with Crippen molar-refractivity contribution < 1.29 is 14.7 Å². The summed E-state index contributed by atoms with van der Waals surface area (Å²) in [6.07, 6.45) is 2.60. The summed E-state index contributed by atoms with van der Waals surface area (Å²) in [7, 11) is 0. The molecule has 1 saturated heterocycles. The fourth-order valence-corrected chi connectivity index (χ4v) is 1.81. The Morgan fingerprint density at radius 2 is 2.44 bits per heavy atom. The van der Waals surface area contributed by atoms with Crippen molar-refractivity contribution in [2.24, 2.45) is 0 Å². The van der Waals surface area contributed by atoms with Crippen molar-refractivity contribution in [2.75, 3.05) is 17.6 Å². The molecule has 1 fully saturated rings. The Hall–Kier alpha value is -2.31. The van der Waals surface area contributed by atoms with Crippen molar-refractivity contribution >= 4 is 23.4 Å². The van der Waals surface area contributed by atoms with E-state index in [0.717, 1.165) is 6.42 Å². The molecule has 7 nitrogen and oxygen atoms in total. The van der Waals surface area contributed by atoms with E-state index in [2.05, 4.69) is 15.6 Å². The van der Waals surface area contributed by atoms with Crippen molar-refractivity contribution in [1.82, 2.24) is 10.3 Å². The first-order chi connectivity index (χ1) is 8.56. The molecule has 0 bridgehead atoms. The van der Waals surface area contributed by atoms with Gasteiger partial charge in [-0.2, -0.15) is 0 Å². The Bertz CT molecular complexity index is 489. The van der Waals surface area contributed by atoms with E-state index >= 15 is 0 Å². The summed E-state index contributed by atoms with van der Waals surface area (Å²) >= 11 is 0. The molecule has 1 aliphatic rings. The number of nitrogen functional groups attached to an aromatic ring is 1. The smallest absolute Gasteiger partial charge is 0.337 e. The zero-order chi connectivity index (χ0) is 13.1. The highest BCUT2D eigenvalue weighted by Crippen LogP contribution is 2.15. The second kappa shape index (κ2) is 4.91. The van der Waals surface area contributed by atoms with E-state index in [1.54, 1.807) is 0 Å². The minimum atomic E-state index is -1.09. The van der Waals surface area contributed by atoms with Crippen LogP contribution in [0.2, 0.25) is 0 Å². The van der Waals surface area contributed by atoms with Gasteiger partial charge in [-0.05, 0) is 12.5 Å². The predicted octanol–water partition coefficient (Wildman–Crippen LogP) is 0.0525. The fourth-order valence-electron chi connectivity index (χ4n) is 1.81. The van der Waals surface area contributed by atoms with Gasteiger partial charge in [0, 0.05) is 19.0 Å². The molecule has 1 aromatic heterocycles. The fraction of sp³-hybridized carbons (Fsp3) is 0.364. The van der Waals surface area contributed by atoms with Crippen LogP contribution in [0.3, 0.4) is 0 Å². The first-order valence-electron chi connectivity index (χ1n) is 5.58. The predicted molar refractivity (Wildman–Crippen MR) is 65.3 cm³/mol. The van der Waals surface area contributed by atoms with Crippen LogP contribution in [0.4, 0.5) is 11.5 Å². The van der Waals surface area contributed by atoms with Crippen molar-refractivity contribution in [3.8, 4) is 0 Å². The average Bonchev–Trinajstić information content (AvgIpc) is 2.74. The summed E-state index contributed by atoms with van der Waals surface area (Å²) < 4.78 is 0. The van der Waals surface area contributed by atoms with E-state index in [4.69, 9.17) is 10.8 Å². The maximum Gasteiger partial charge on any atom is 0.337 e. The summed E-state index contributed by atoms with van der Waals surface area (Å²) in [5, 5.41) is 14.7. The topological polar surface area (TPSA) is 117 Å². The number of aromatic carboxylic acids is 1. The number of amides is 1. The summed E-state index contributed by atoms with van der Waals surface area (Å²) in [6.45, 7) is 0.516. The van der Waals surface area contributed by atoms with Crippen LogP contribution in [0, 0.1) is 0 Å². The van der Waals surface area contributed by atoms with Gasteiger partial charge >= 0.3 is 5.97 Å². The highest BCUT2D eigenvalue weighted by atomic mass is 16.4. The SMILES string of the molecule is Nc1cnc(NCC2CCC(=O)N2)cc1C(=O)O. The first kappa shape index (κ1) is 12.2. The summed E-state index contributed by atoms with van der Waals surface area (Å²) in [4.78, 5) is 25.9. The van der Waals surface area contributed by atoms with Crippen LogP contribution in [0.15, 0.2) is 12.3 Å². The third-order valence-corrected chi connectivity index (χ3v) is 2.78. The lowest BCUT2D eigenvalue weighted by Crippen LogP contribution is -2.32. The molecule has 18 heavy (non-hydrogen) atoms. The number of hydrogen-bond donors (Lipinski definition) is 4. The Morgan fingerprint density at radius 3 is 3.06 bits per heavy atom. The Labute approximate surface area is 103 Å². The van der Waals surface area contributed by atoms with E-state index in [1.807, 2.05) is 0 Å². The molecule has 2 heterocycles. The van der Waals surface area contributed by atoms with Gasteiger partial charge in [0.1, 0.15) is 5.82 Å². The Kier molecular flexibility index (Phi) is 3.31. The number of pyridine rings is 1. The van der Waals surface area contributed by atoms with Crippen molar-refractivity contribution in [1.29, 1.82) is 0 Å². The summed E-state index contributed by atoms with van der Waals surface area (Å²) in [5.41, 5.74) is 5.64. The lowest BCUT2D eigenvalue weighted by atomic mass is 10.2. The summed E-state index contributed by atoms with van der Waals surface area (Å²) in [5.74, 6) is -0.617. The van der Waals surface area contributed by atoms with E-state index in [1.165, 1.54) is 12.3 Å². The van der Waals surface area contributed by atoms with Crippen LogP contribution in [-0.2, 0) is 4.79 Å². The van der Waals surface area contributed by atoms with Crippen molar-refractivity contribution in [2.45, 2.75) is 18.9 Å². The number of nitrogens with zero attached hydrogens (tertiary/aromatic N) is 1. The van der Waals surface area contributed by atoms with Crippen LogP contribution >= 0.6 is 0 Å². The van der Waals surface area contributed by atoms with E-state index in [-0.39, 0.29) is 23.2 Å². The lowest BCUT2D eigenvalue weighted by molar-refractivity contribution is -0.119. The van der Waals surface area contributed by atoms with Crippen LogP contribution in [-0.4, -0.2) is 34.6 Å². The number of carboxylic acid groups (broad SMARTS) is 1. The van der Waals surface area contributed by atoms with Gasteiger partial charge in [0.15, 0.2) is 0 Å². The van der Waals surface area contributed by atoms with Gasteiger partial charge in [-0.25, -0.2) is 9.78 Å². The second-order valence-corrected chi connectivity index (χ2v) is 4.15. The highest BCUT2D eigenvalue weighted by Gasteiger charge is 2.20. The molecule has 1 atom stereocenters. The van der Waals surface area contributed by atoms with Gasteiger partial charge in [0.2, 0.25) is 5.91 Å². The minimum Gasteiger partial charge on any atom is -0.478 e. The molecular formula is C11H14N4O3. The van der Waals surface area contributed by atoms with Crippen LogP contribution in [0.1, 0.15) is 23.2 Å². The van der Waals surface area contributed by atoms with E-state index < -0.39 is 5.97 Å². The molecule has 0 aliphatic carbocycles. The molecule has 0 aromatic carbocycles. The van der Waals surface area contributed by atoms with E-state index in [0.29, 0.717) is 18.8 Å². The molecule has 1 unspecified atom stereocenters. The number of carboxylic acids is 1. The average molecular weight is 250 g/mol. The number of carbonyl (C=O) groups is 2. The van der Waals surface area contributed by atoms with Crippen molar-refractivity contribution in [3.05, 3.63) is 17.8 Å². The Morgan fingerprint density at radius 1 is 1.67 bits per heavy atom. The molecule has 96 valence electrons. The van der Waals surface area contributed by atoms with Crippen LogP contribution in [0.5, 0.6) is 0 Å². The second-order valence-electron chi connectivity index (χ2n) is 4.15.